The largest absolute Gasteiger partial charge is 0.494 e. The fourth-order valence-electron chi connectivity index (χ4n) is 2.10. The number of nitrogens with zero attached hydrogens (tertiary/aromatic N) is 1. The highest BCUT2D eigenvalue weighted by Gasteiger charge is 2.18. The maximum Gasteiger partial charge on any atom is 0.119 e. The van der Waals surface area contributed by atoms with Crippen LogP contribution in [0, 0.1) is 0 Å². The molecular weight excluding hydrogens is 266 g/mol. The van der Waals surface area contributed by atoms with Crippen molar-refractivity contribution >= 4 is 11.6 Å². The van der Waals surface area contributed by atoms with Crippen LogP contribution in [0.4, 0.5) is 0 Å². The second-order valence-electron chi connectivity index (χ2n) is 4.63. The third-order valence-corrected chi connectivity index (χ3v) is 3.38. The summed E-state index contributed by atoms with van der Waals surface area (Å²) in [6.07, 6.45) is 0.923. The summed E-state index contributed by atoms with van der Waals surface area (Å²) in [5.41, 5.74) is 0. The lowest BCUT2D eigenvalue weighted by atomic mass is 10.2. The van der Waals surface area contributed by atoms with E-state index in [-0.39, 0.29) is 12.7 Å². The standard InChI is InChI=1S/C14H20ClNO3/c15-12-2-4-13(5-3-12)18-8-1-6-16-7-9-19-14(10-16)11-17/h2-5,14,17H,1,6-11H2. The van der Waals surface area contributed by atoms with Gasteiger partial charge in [0.15, 0.2) is 0 Å². The minimum Gasteiger partial charge on any atom is -0.494 e. The number of hydrogen-bond acceptors (Lipinski definition) is 4. The van der Waals surface area contributed by atoms with E-state index < -0.39 is 0 Å². The van der Waals surface area contributed by atoms with E-state index in [1.807, 2.05) is 24.3 Å². The van der Waals surface area contributed by atoms with Crippen molar-refractivity contribution in [3.63, 3.8) is 0 Å². The molecule has 1 atom stereocenters. The van der Waals surface area contributed by atoms with Crippen molar-refractivity contribution in [2.24, 2.45) is 0 Å². The average molecular weight is 286 g/mol. The molecule has 106 valence electrons. The highest BCUT2D eigenvalue weighted by Crippen LogP contribution is 2.15. The van der Waals surface area contributed by atoms with Crippen molar-refractivity contribution in [2.45, 2.75) is 12.5 Å². The van der Waals surface area contributed by atoms with Crippen molar-refractivity contribution in [3.8, 4) is 5.75 Å². The van der Waals surface area contributed by atoms with Gasteiger partial charge in [0.05, 0.1) is 25.9 Å². The molecule has 1 saturated heterocycles. The first-order valence-corrected chi connectivity index (χ1v) is 6.99. The molecule has 0 amide bonds. The first-order chi connectivity index (χ1) is 9.28. The quantitative estimate of drug-likeness (QED) is 0.810. The van der Waals surface area contributed by atoms with Crippen LogP contribution in [-0.4, -0.2) is 55.6 Å². The minimum atomic E-state index is -0.0362. The number of aliphatic hydroxyl groups excluding tert-OH is 1. The van der Waals surface area contributed by atoms with Crippen LogP contribution in [0.15, 0.2) is 24.3 Å². The van der Waals surface area contributed by atoms with Gasteiger partial charge in [-0.2, -0.15) is 0 Å². The third kappa shape index (κ3) is 4.99. The van der Waals surface area contributed by atoms with Gasteiger partial charge in [-0.1, -0.05) is 11.6 Å². The number of hydrogen-bond donors (Lipinski definition) is 1. The number of rotatable bonds is 6. The second kappa shape index (κ2) is 7.70. The van der Waals surface area contributed by atoms with E-state index in [1.165, 1.54) is 0 Å². The molecule has 1 aliphatic heterocycles. The second-order valence-corrected chi connectivity index (χ2v) is 5.07. The molecule has 1 unspecified atom stereocenters. The van der Waals surface area contributed by atoms with E-state index in [4.69, 9.17) is 26.2 Å². The van der Waals surface area contributed by atoms with Crippen LogP contribution in [0.3, 0.4) is 0 Å². The van der Waals surface area contributed by atoms with Gasteiger partial charge >= 0.3 is 0 Å². The summed E-state index contributed by atoms with van der Waals surface area (Å²) in [5.74, 6) is 0.847. The zero-order valence-electron chi connectivity index (χ0n) is 10.9. The van der Waals surface area contributed by atoms with Crippen LogP contribution in [0.2, 0.25) is 5.02 Å². The molecule has 0 saturated carbocycles. The smallest absolute Gasteiger partial charge is 0.119 e. The van der Waals surface area contributed by atoms with Gasteiger partial charge in [0, 0.05) is 24.7 Å². The zero-order valence-corrected chi connectivity index (χ0v) is 11.7. The van der Waals surface area contributed by atoms with E-state index in [9.17, 15) is 0 Å². The first kappa shape index (κ1) is 14.6. The van der Waals surface area contributed by atoms with Gasteiger partial charge in [-0.3, -0.25) is 4.90 Å². The van der Waals surface area contributed by atoms with E-state index in [2.05, 4.69) is 4.90 Å². The van der Waals surface area contributed by atoms with Gasteiger partial charge in [0.1, 0.15) is 5.75 Å². The Balaban J connectivity index is 1.62. The molecule has 0 aromatic heterocycles. The van der Waals surface area contributed by atoms with Crippen LogP contribution >= 0.6 is 11.6 Å². The highest BCUT2D eigenvalue weighted by atomic mass is 35.5. The Kier molecular flexibility index (Phi) is 5.92. The monoisotopic (exact) mass is 285 g/mol. The number of ether oxygens (including phenoxy) is 2. The molecule has 0 bridgehead atoms. The van der Waals surface area contributed by atoms with Gasteiger partial charge in [-0.15, -0.1) is 0 Å². The topological polar surface area (TPSA) is 41.9 Å². The zero-order chi connectivity index (χ0) is 13.5. The van der Waals surface area contributed by atoms with Gasteiger partial charge in [0.2, 0.25) is 0 Å². The van der Waals surface area contributed by atoms with Crippen molar-refractivity contribution in [1.29, 1.82) is 0 Å². The first-order valence-electron chi connectivity index (χ1n) is 6.61. The lowest BCUT2D eigenvalue weighted by Gasteiger charge is -2.31. The van der Waals surface area contributed by atoms with Crippen molar-refractivity contribution in [2.75, 3.05) is 39.5 Å². The maximum atomic E-state index is 9.06. The predicted molar refractivity (Wildman–Crippen MR) is 74.8 cm³/mol. The number of aliphatic hydroxyl groups is 1. The highest BCUT2D eigenvalue weighted by molar-refractivity contribution is 6.30. The fourth-order valence-corrected chi connectivity index (χ4v) is 2.23. The third-order valence-electron chi connectivity index (χ3n) is 3.13. The summed E-state index contributed by atoms with van der Waals surface area (Å²) in [6.45, 7) is 4.17. The molecule has 0 radical (unpaired) electrons. The lowest BCUT2D eigenvalue weighted by Crippen LogP contribution is -2.44. The molecule has 1 aromatic rings. The summed E-state index contributed by atoms with van der Waals surface area (Å²) in [4.78, 5) is 2.30. The fraction of sp³-hybridized carbons (Fsp3) is 0.571. The normalized spacial score (nSPS) is 20.4. The molecule has 2 rings (SSSR count). The number of morpholine rings is 1. The van der Waals surface area contributed by atoms with E-state index in [0.717, 1.165) is 36.8 Å². The molecule has 5 heteroatoms. The summed E-state index contributed by atoms with van der Waals surface area (Å²) >= 11 is 5.81. The number of halogens is 1. The molecule has 1 heterocycles. The summed E-state index contributed by atoms with van der Waals surface area (Å²) in [7, 11) is 0. The van der Waals surface area contributed by atoms with Gasteiger partial charge < -0.3 is 14.6 Å². The van der Waals surface area contributed by atoms with Crippen molar-refractivity contribution < 1.29 is 14.6 Å². The molecule has 1 aromatic carbocycles. The molecule has 0 spiro atoms. The van der Waals surface area contributed by atoms with Crippen LogP contribution in [0.25, 0.3) is 0 Å². The molecule has 1 fully saturated rings. The molecule has 19 heavy (non-hydrogen) atoms. The van der Waals surface area contributed by atoms with Gasteiger partial charge in [-0.05, 0) is 30.7 Å². The van der Waals surface area contributed by atoms with Crippen LogP contribution in [-0.2, 0) is 4.74 Å². The number of benzene rings is 1. The predicted octanol–water partition coefficient (Wildman–Crippen LogP) is 1.80. The molecular formula is C14H20ClNO3. The van der Waals surface area contributed by atoms with Crippen LogP contribution < -0.4 is 4.74 Å². The van der Waals surface area contributed by atoms with E-state index in [0.29, 0.717) is 13.2 Å². The van der Waals surface area contributed by atoms with E-state index >= 15 is 0 Å². The molecule has 1 N–H and O–H groups in total. The molecule has 0 aliphatic carbocycles. The Labute approximate surface area is 118 Å². The Bertz CT molecular complexity index is 371. The Hall–Kier alpha value is -0.810. The van der Waals surface area contributed by atoms with Gasteiger partial charge in [0.25, 0.3) is 0 Å². The van der Waals surface area contributed by atoms with Crippen LogP contribution in [0.5, 0.6) is 5.75 Å². The Morgan fingerprint density at radius 3 is 2.89 bits per heavy atom. The summed E-state index contributed by atoms with van der Waals surface area (Å²) in [6, 6.07) is 7.40. The summed E-state index contributed by atoms with van der Waals surface area (Å²) in [5, 5.41) is 9.78. The van der Waals surface area contributed by atoms with Gasteiger partial charge in [-0.25, -0.2) is 0 Å². The Morgan fingerprint density at radius 1 is 1.37 bits per heavy atom. The van der Waals surface area contributed by atoms with Crippen molar-refractivity contribution in [1.82, 2.24) is 4.90 Å². The lowest BCUT2D eigenvalue weighted by molar-refractivity contribution is -0.0533. The van der Waals surface area contributed by atoms with Crippen molar-refractivity contribution in [3.05, 3.63) is 29.3 Å². The van der Waals surface area contributed by atoms with E-state index in [1.54, 1.807) is 0 Å². The average Bonchev–Trinajstić information content (AvgIpc) is 2.46. The molecule has 1 aliphatic rings. The molecule has 4 nitrogen and oxygen atoms in total. The maximum absolute atomic E-state index is 9.06. The Morgan fingerprint density at radius 2 is 2.16 bits per heavy atom. The summed E-state index contributed by atoms with van der Waals surface area (Å²) < 4.78 is 11.0. The van der Waals surface area contributed by atoms with Crippen LogP contribution in [0.1, 0.15) is 6.42 Å². The minimum absolute atomic E-state index is 0.0362. The SMILES string of the molecule is OCC1CN(CCCOc2ccc(Cl)cc2)CCO1.